The van der Waals surface area contributed by atoms with Crippen LogP contribution in [0.25, 0.3) is 0 Å². The van der Waals surface area contributed by atoms with Crippen LogP contribution >= 0.6 is 0 Å². The molecular formula is C15H24O2. The van der Waals surface area contributed by atoms with Crippen LogP contribution in [-0.4, -0.2) is 11.9 Å². The Morgan fingerprint density at radius 2 is 2.06 bits per heavy atom. The molecule has 2 nitrogen and oxygen atoms in total. The fourth-order valence-electron chi connectivity index (χ4n) is 3.11. The zero-order chi connectivity index (χ0) is 12.4. The average Bonchev–Trinajstić information content (AvgIpc) is 2.63. The molecule has 17 heavy (non-hydrogen) atoms. The van der Waals surface area contributed by atoms with Crippen molar-refractivity contribution in [3.63, 3.8) is 0 Å². The van der Waals surface area contributed by atoms with E-state index < -0.39 is 0 Å². The number of ketones is 1. The number of ether oxygens (including phenoxy) is 1. The van der Waals surface area contributed by atoms with Gasteiger partial charge in [-0.15, -0.1) is 0 Å². The molecule has 2 heteroatoms. The van der Waals surface area contributed by atoms with Gasteiger partial charge < -0.3 is 4.74 Å². The van der Waals surface area contributed by atoms with Gasteiger partial charge in [0.05, 0.1) is 0 Å². The fourth-order valence-corrected chi connectivity index (χ4v) is 3.11. The van der Waals surface area contributed by atoms with Crippen LogP contribution in [0.4, 0.5) is 0 Å². The van der Waals surface area contributed by atoms with E-state index in [1.165, 1.54) is 12.8 Å². The van der Waals surface area contributed by atoms with E-state index in [0.717, 1.165) is 24.5 Å². The van der Waals surface area contributed by atoms with Gasteiger partial charge in [0.15, 0.2) is 5.78 Å². The Kier molecular flexibility index (Phi) is 3.90. The van der Waals surface area contributed by atoms with Crippen LogP contribution < -0.4 is 0 Å². The Morgan fingerprint density at radius 1 is 1.29 bits per heavy atom. The highest BCUT2D eigenvalue weighted by Gasteiger charge is 2.33. The molecule has 2 aliphatic carbocycles. The van der Waals surface area contributed by atoms with Crippen molar-refractivity contribution in [2.75, 3.05) is 0 Å². The summed E-state index contributed by atoms with van der Waals surface area (Å²) in [6.45, 7) is 6.87. The van der Waals surface area contributed by atoms with Crippen LogP contribution in [0.3, 0.4) is 0 Å². The third-order valence-corrected chi connectivity index (χ3v) is 4.20. The van der Waals surface area contributed by atoms with Crippen molar-refractivity contribution in [3.05, 3.63) is 11.8 Å². The lowest BCUT2D eigenvalue weighted by molar-refractivity contribution is -0.114. The van der Waals surface area contributed by atoms with Crippen molar-refractivity contribution in [1.29, 1.82) is 0 Å². The summed E-state index contributed by atoms with van der Waals surface area (Å²) in [5, 5.41) is 0. The van der Waals surface area contributed by atoms with Crippen LogP contribution in [0.2, 0.25) is 0 Å². The summed E-state index contributed by atoms with van der Waals surface area (Å²) >= 11 is 0. The fraction of sp³-hybridized carbons (Fsp3) is 0.800. The second-order valence-electron chi connectivity index (χ2n) is 6.06. The van der Waals surface area contributed by atoms with Crippen LogP contribution in [0.5, 0.6) is 0 Å². The number of carbonyl (C=O) groups excluding carboxylic acids is 1. The highest BCUT2D eigenvalue weighted by atomic mass is 16.5. The quantitative estimate of drug-likeness (QED) is 0.746. The van der Waals surface area contributed by atoms with Crippen LogP contribution in [0.15, 0.2) is 11.8 Å². The van der Waals surface area contributed by atoms with E-state index in [-0.39, 0.29) is 5.78 Å². The van der Waals surface area contributed by atoms with E-state index in [4.69, 9.17) is 4.74 Å². The van der Waals surface area contributed by atoms with E-state index in [1.807, 2.05) is 0 Å². The van der Waals surface area contributed by atoms with Crippen LogP contribution in [-0.2, 0) is 9.53 Å². The van der Waals surface area contributed by atoms with Crippen LogP contribution in [0.1, 0.15) is 52.9 Å². The van der Waals surface area contributed by atoms with Gasteiger partial charge in [0.1, 0.15) is 11.9 Å². The second-order valence-corrected chi connectivity index (χ2v) is 6.06. The van der Waals surface area contributed by atoms with E-state index >= 15 is 0 Å². The highest BCUT2D eigenvalue weighted by Crippen LogP contribution is 2.37. The summed E-state index contributed by atoms with van der Waals surface area (Å²) in [4.78, 5) is 11.2. The van der Waals surface area contributed by atoms with Crippen LogP contribution in [0, 0.1) is 17.8 Å². The molecule has 0 aromatic heterocycles. The Labute approximate surface area is 104 Å². The molecule has 0 heterocycles. The van der Waals surface area contributed by atoms with Gasteiger partial charge in [-0.05, 0) is 30.6 Å². The number of carbonyl (C=O) groups is 1. The Morgan fingerprint density at radius 3 is 2.65 bits per heavy atom. The molecule has 0 radical (unpaired) electrons. The van der Waals surface area contributed by atoms with E-state index in [0.29, 0.717) is 24.4 Å². The van der Waals surface area contributed by atoms with Crippen molar-refractivity contribution in [2.24, 2.45) is 17.8 Å². The van der Waals surface area contributed by atoms with E-state index in [2.05, 4.69) is 20.8 Å². The summed E-state index contributed by atoms with van der Waals surface area (Å²) < 4.78 is 6.11. The lowest BCUT2D eigenvalue weighted by atomic mass is 9.75. The molecule has 0 bridgehead atoms. The van der Waals surface area contributed by atoms with E-state index in [1.54, 1.807) is 6.08 Å². The molecule has 3 unspecified atom stereocenters. The highest BCUT2D eigenvalue weighted by molar-refractivity contribution is 5.92. The zero-order valence-corrected chi connectivity index (χ0v) is 11.2. The molecule has 96 valence electrons. The van der Waals surface area contributed by atoms with Crippen molar-refractivity contribution < 1.29 is 9.53 Å². The molecule has 0 aromatic carbocycles. The van der Waals surface area contributed by atoms with Gasteiger partial charge in [-0.2, -0.15) is 0 Å². The van der Waals surface area contributed by atoms with Crippen molar-refractivity contribution in [2.45, 2.75) is 59.0 Å². The Bertz CT molecular complexity index is 317. The molecular weight excluding hydrogens is 212 g/mol. The summed E-state index contributed by atoms with van der Waals surface area (Å²) in [5.41, 5.74) is 0. The zero-order valence-electron chi connectivity index (χ0n) is 11.2. The predicted molar refractivity (Wildman–Crippen MR) is 68.5 cm³/mol. The first kappa shape index (κ1) is 12.7. The van der Waals surface area contributed by atoms with Gasteiger partial charge >= 0.3 is 0 Å². The maximum absolute atomic E-state index is 11.2. The summed E-state index contributed by atoms with van der Waals surface area (Å²) in [6.07, 6.45) is 7.23. The largest absolute Gasteiger partial charge is 0.494 e. The lowest BCUT2D eigenvalue weighted by Crippen LogP contribution is -2.34. The van der Waals surface area contributed by atoms with Gasteiger partial charge in [-0.25, -0.2) is 0 Å². The van der Waals surface area contributed by atoms with Crippen molar-refractivity contribution >= 4 is 5.78 Å². The maximum atomic E-state index is 11.2. The average molecular weight is 236 g/mol. The second kappa shape index (κ2) is 5.24. The third kappa shape index (κ3) is 3.11. The van der Waals surface area contributed by atoms with Gasteiger partial charge in [-0.1, -0.05) is 27.2 Å². The SMILES string of the molecule is CC1CCC(C(C)C)C(OC2=CC(=O)CC2)C1. The molecule has 1 saturated carbocycles. The van der Waals surface area contributed by atoms with E-state index in [9.17, 15) is 4.79 Å². The topological polar surface area (TPSA) is 26.3 Å². The summed E-state index contributed by atoms with van der Waals surface area (Å²) in [6, 6.07) is 0. The number of rotatable bonds is 3. The van der Waals surface area contributed by atoms with Gasteiger partial charge in [-0.3, -0.25) is 4.79 Å². The molecule has 0 spiro atoms. The van der Waals surface area contributed by atoms with Gasteiger partial charge in [0.25, 0.3) is 0 Å². The number of allylic oxidation sites excluding steroid dienone is 2. The minimum absolute atomic E-state index is 0.227. The molecule has 1 fully saturated rings. The van der Waals surface area contributed by atoms with Crippen molar-refractivity contribution in [3.8, 4) is 0 Å². The maximum Gasteiger partial charge on any atom is 0.159 e. The minimum atomic E-state index is 0.227. The smallest absolute Gasteiger partial charge is 0.159 e. The molecule has 0 saturated heterocycles. The summed E-state index contributed by atoms with van der Waals surface area (Å²) in [5.74, 6) is 3.24. The molecule has 2 aliphatic rings. The first-order valence-electron chi connectivity index (χ1n) is 6.96. The standard InChI is InChI=1S/C15H24O2/c1-10(2)14-7-4-11(3)8-15(14)17-13-6-5-12(16)9-13/h9-11,14-15H,4-8H2,1-3H3. The van der Waals surface area contributed by atoms with Gasteiger partial charge in [0, 0.05) is 18.9 Å². The lowest BCUT2D eigenvalue weighted by Gasteiger charge is -2.37. The Hall–Kier alpha value is -0.790. The Balaban J connectivity index is 2.00. The molecule has 2 rings (SSSR count). The first-order valence-corrected chi connectivity index (χ1v) is 6.96. The van der Waals surface area contributed by atoms with Gasteiger partial charge in [0.2, 0.25) is 0 Å². The normalized spacial score (nSPS) is 34.0. The molecule has 3 atom stereocenters. The predicted octanol–water partition coefficient (Wildman–Crippen LogP) is 3.71. The first-order chi connectivity index (χ1) is 8.06. The summed E-state index contributed by atoms with van der Waals surface area (Å²) in [7, 11) is 0. The molecule has 0 aliphatic heterocycles. The number of hydrogen-bond acceptors (Lipinski definition) is 2. The third-order valence-electron chi connectivity index (χ3n) is 4.20. The van der Waals surface area contributed by atoms with Crippen molar-refractivity contribution in [1.82, 2.24) is 0 Å². The molecule has 0 amide bonds. The monoisotopic (exact) mass is 236 g/mol. The minimum Gasteiger partial charge on any atom is -0.494 e. The molecule has 0 aromatic rings. The number of hydrogen-bond donors (Lipinski definition) is 0. The molecule has 0 N–H and O–H groups in total.